The highest BCUT2D eigenvalue weighted by atomic mass is 32.2. The van der Waals surface area contributed by atoms with Gasteiger partial charge in [-0.25, -0.2) is 17.4 Å². The molecule has 0 radical (unpaired) electrons. The minimum Gasteiger partial charge on any atom is -0.308 e. The normalized spacial score (nSPS) is 11.9. The van der Waals surface area contributed by atoms with Crippen LogP contribution in [0.3, 0.4) is 0 Å². The Bertz CT molecular complexity index is 994. The summed E-state index contributed by atoms with van der Waals surface area (Å²) in [6.07, 6.45) is 2.03. The van der Waals surface area contributed by atoms with Gasteiger partial charge in [-0.1, -0.05) is 30.3 Å². The van der Waals surface area contributed by atoms with E-state index in [1.165, 1.54) is 18.4 Å². The van der Waals surface area contributed by atoms with Gasteiger partial charge in [0.15, 0.2) is 0 Å². The van der Waals surface area contributed by atoms with Crippen molar-refractivity contribution in [2.75, 3.05) is 14.1 Å². The highest BCUT2D eigenvalue weighted by molar-refractivity contribution is 7.89. The molecule has 0 aliphatic carbocycles. The quantitative estimate of drug-likeness (QED) is 0.680. The van der Waals surface area contributed by atoms with Crippen LogP contribution in [0.15, 0.2) is 65.7 Å². The molecular formula is C20H24N4O2S. The predicted molar refractivity (Wildman–Crippen MR) is 106 cm³/mol. The third-order valence-electron chi connectivity index (χ3n) is 4.37. The molecule has 0 spiro atoms. The van der Waals surface area contributed by atoms with Crippen molar-refractivity contribution < 1.29 is 8.42 Å². The van der Waals surface area contributed by atoms with Crippen LogP contribution < -0.4 is 5.32 Å². The Labute approximate surface area is 160 Å². The number of nitrogens with zero attached hydrogens (tertiary/aromatic N) is 3. The van der Waals surface area contributed by atoms with Crippen molar-refractivity contribution in [1.29, 1.82) is 0 Å². The number of benzene rings is 2. The zero-order valence-electron chi connectivity index (χ0n) is 15.8. The summed E-state index contributed by atoms with van der Waals surface area (Å²) >= 11 is 0. The van der Waals surface area contributed by atoms with Crippen molar-refractivity contribution in [3.05, 3.63) is 77.6 Å². The Kier molecular flexibility index (Phi) is 5.74. The third-order valence-corrected chi connectivity index (χ3v) is 6.20. The Morgan fingerprint density at radius 2 is 1.67 bits per heavy atom. The number of hydrogen-bond acceptors (Lipinski definition) is 4. The SMILES string of the molecule is Cc1nn(-c2ccccc2)cc1CNCc1ccc(S(=O)(=O)N(C)C)cc1. The molecule has 7 heteroatoms. The molecule has 0 amide bonds. The highest BCUT2D eigenvalue weighted by Crippen LogP contribution is 2.15. The summed E-state index contributed by atoms with van der Waals surface area (Å²) in [5, 5.41) is 7.96. The first-order valence-electron chi connectivity index (χ1n) is 8.70. The molecule has 142 valence electrons. The molecule has 3 aromatic rings. The fourth-order valence-electron chi connectivity index (χ4n) is 2.71. The molecule has 0 atom stereocenters. The molecule has 27 heavy (non-hydrogen) atoms. The number of rotatable bonds is 7. The molecule has 0 unspecified atom stereocenters. The first-order valence-corrected chi connectivity index (χ1v) is 10.1. The van der Waals surface area contributed by atoms with E-state index in [2.05, 4.69) is 10.4 Å². The smallest absolute Gasteiger partial charge is 0.242 e. The first kappa shape index (κ1) is 19.3. The fourth-order valence-corrected chi connectivity index (χ4v) is 3.62. The predicted octanol–water partition coefficient (Wildman–Crippen LogP) is 2.72. The van der Waals surface area contributed by atoms with E-state index in [-0.39, 0.29) is 0 Å². The van der Waals surface area contributed by atoms with Gasteiger partial charge >= 0.3 is 0 Å². The van der Waals surface area contributed by atoms with Crippen molar-refractivity contribution in [3.63, 3.8) is 0 Å². The maximum Gasteiger partial charge on any atom is 0.242 e. The summed E-state index contributed by atoms with van der Waals surface area (Å²) in [7, 11) is -0.323. The summed E-state index contributed by atoms with van der Waals surface area (Å²) in [6, 6.07) is 17.0. The van der Waals surface area contributed by atoms with E-state index in [1.807, 2.05) is 60.3 Å². The molecule has 1 aromatic heterocycles. The summed E-state index contributed by atoms with van der Waals surface area (Å²) in [6.45, 7) is 3.34. The summed E-state index contributed by atoms with van der Waals surface area (Å²) in [4.78, 5) is 0.302. The molecule has 0 saturated heterocycles. The third kappa shape index (κ3) is 4.44. The number of sulfonamides is 1. The lowest BCUT2D eigenvalue weighted by Crippen LogP contribution is -2.22. The standard InChI is InChI=1S/C20H24N4O2S/c1-16-18(15-24(22-16)19-7-5-4-6-8-19)14-21-13-17-9-11-20(12-10-17)27(25,26)23(2)3/h4-12,15,21H,13-14H2,1-3H3. The lowest BCUT2D eigenvalue weighted by atomic mass is 10.2. The highest BCUT2D eigenvalue weighted by Gasteiger charge is 2.16. The maximum atomic E-state index is 12.1. The molecular weight excluding hydrogens is 360 g/mol. The number of nitrogens with one attached hydrogen (secondary N) is 1. The van der Waals surface area contributed by atoms with E-state index < -0.39 is 10.0 Å². The van der Waals surface area contributed by atoms with Crippen LogP contribution in [0.5, 0.6) is 0 Å². The van der Waals surface area contributed by atoms with Gasteiger partial charge in [-0.15, -0.1) is 0 Å². The average molecular weight is 385 g/mol. The van der Waals surface area contributed by atoms with Crippen LogP contribution in [0.2, 0.25) is 0 Å². The van der Waals surface area contributed by atoms with Gasteiger partial charge in [0.05, 0.1) is 16.3 Å². The van der Waals surface area contributed by atoms with Gasteiger partial charge in [0.25, 0.3) is 0 Å². The lowest BCUT2D eigenvalue weighted by Gasteiger charge is -2.11. The van der Waals surface area contributed by atoms with Crippen LogP contribution in [0, 0.1) is 6.92 Å². The Balaban J connectivity index is 1.61. The largest absolute Gasteiger partial charge is 0.308 e. The van der Waals surface area contributed by atoms with Gasteiger partial charge in [-0.2, -0.15) is 5.10 Å². The van der Waals surface area contributed by atoms with Crippen molar-refractivity contribution in [3.8, 4) is 5.69 Å². The van der Waals surface area contributed by atoms with E-state index in [0.717, 1.165) is 22.5 Å². The van der Waals surface area contributed by atoms with Crippen LogP contribution in [0.25, 0.3) is 5.69 Å². The summed E-state index contributed by atoms with van der Waals surface area (Å²) < 4.78 is 27.3. The molecule has 0 fully saturated rings. The number of aryl methyl sites for hydroxylation is 1. The summed E-state index contributed by atoms with van der Waals surface area (Å²) in [5.41, 5.74) is 4.18. The topological polar surface area (TPSA) is 67.2 Å². The second kappa shape index (κ2) is 8.04. The maximum absolute atomic E-state index is 12.1. The monoisotopic (exact) mass is 384 g/mol. The number of aromatic nitrogens is 2. The molecule has 1 N–H and O–H groups in total. The minimum absolute atomic E-state index is 0.302. The van der Waals surface area contributed by atoms with Gasteiger partial charge in [-0.3, -0.25) is 0 Å². The molecule has 0 saturated carbocycles. The number of para-hydroxylation sites is 1. The van der Waals surface area contributed by atoms with E-state index in [1.54, 1.807) is 12.1 Å². The van der Waals surface area contributed by atoms with E-state index in [9.17, 15) is 8.42 Å². The van der Waals surface area contributed by atoms with Gasteiger partial charge in [0.1, 0.15) is 0 Å². The lowest BCUT2D eigenvalue weighted by molar-refractivity contribution is 0.520. The Morgan fingerprint density at radius 3 is 2.30 bits per heavy atom. The van der Waals surface area contributed by atoms with Gasteiger partial charge < -0.3 is 5.32 Å². The molecule has 3 rings (SSSR count). The van der Waals surface area contributed by atoms with Gasteiger partial charge in [0.2, 0.25) is 10.0 Å². The Morgan fingerprint density at radius 1 is 1.00 bits per heavy atom. The molecule has 6 nitrogen and oxygen atoms in total. The second-order valence-corrected chi connectivity index (χ2v) is 8.71. The average Bonchev–Trinajstić information content (AvgIpc) is 3.03. The molecule has 0 aliphatic heterocycles. The zero-order valence-corrected chi connectivity index (χ0v) is 16.6. The van der Waals surface area contributed by atoms with Gasteiger partial charge in [0, 0.05) is 38.9 Å². The molecule has 1 heterocycles. The van der Waals surface area contributed by atoms with Crippen LogP contribution in [0.1, 0.15) is 16.8 Å². The van der Waals surface area contributed by atoms with E-state index >= 15 is 0 Å². The van der Waals surface area contributed by atoms with E-state index in [4.69, 9.17) is 0 Å². The molecule has 0 aliphatic rings. The molecule has 0 bridgehead atoms. The number of hydrogen-bond donors (Lipinski definition) is 1. The fraction of sp³-hybridized carbons (Fsp3) is 0.250. The van der Waals surface area contributed by atoms with Gasteiger partial charge in [-0.05, 0) is 36.8 Å². The zero-order chi connectivity index (χ0) is 19.4. The Hall–Kier alpha value is -2.48. The van der Waals surface area contributed by atoms with Crippen molar-refractivity contribution in [2.45, 2.75) is 24.9 Å². The van der Waals surface area contributed by atoms with Crippen LogP contribution >= 0.6 is 0 Å². The van der Waals surface area contributed by atoms with E-state index in [0.29, 0.717) is 18.0 Å². The first-order chi connectivity index (χ1) is 12.9. The van der Waals surface area contributed by atoms with Crippen LogP contribution in [-0.4, -0.2) is 36.6 Å². The van der Waals surface area contributed by atoms with Crippen LogP contribution in [-0.2, 0) is 23.1 Å². The summed E-state index contributed by atoms with van der Waals surface area (Å²) in [5.74, 6) is 0. The second-order valence-electron chi connectivity index (χ2n) is 6.55. The molecule has 2 aromatic carbocycles. The minimum atomic E-state index is -3.38. The van der Waals surface area contributed by atoms with Crippen molar-refractivity contribution >= 4 is 10.0 Å². The van der Waals surface area contributed by atoms with Crippen molar-refractivity contribution in [1.82, 2.24) is 19.4 Å². The van der Waals surface area contributed by atoms with Crippen LogP contribution in [0.4, 0.5) is 0 Å². The van der Waals surface area contributed by atoms with Crippen molar-refractivity contribution in [2.24, 2.45) is 0 Å².